The van der Waals surface area contributed by atoms with Crippen molar-refractivity contribution >= 4 is 17.2 Å². The molecule has 6 heteroatoms. The number of anilines is 2. The minimum atomic E-state index is -0.784. The van der Waals surface area contributed by atoms with E-state index >= 15 is 0 Å². The highest BCUT2D eigenvalue weighted by Crippen LogP contribution is 2.37. The average Bonchev–Trinajstić information content (AvgIpc) is 3.01. The van der Waals surface area contributed by atoms with Gasteiger partial charge in [0.2, 0.25) is 0 Å². The van der Waals surface area contributed by atoms with Crippen molar-refractivity contribution in [3.63, 3.8) is 0 Å². The predicted octanol–water partition coefficient (Wildman–Crippen LogP) is 2.86. The maximum Gasteiger partial charge on any atom is 0.154 e. The van der Waals surface area contributed by atoms with Gasteiger partial charge in [-0.15, -0.1) is 0 Å². The molecule has 1 fully saturated rings. The molecule has 28 heavy (non-hydrogen) atoms. The van der Waals surface area contributed by atoms with E-state index in [1.807, 2.05) is 6.07 Å². The van der Waals surface area contributed by atoms with E-state index < -0.39 is 6.23 Å². The molecular formula is C22H32N4O2. The lowest BCUT2D eigenvalue weighted by atomic mass is 9.87. The third-order valence-corrected chi connectivity index (χ3v) is 6.00. The minimum Gasteiger partial charge on any atom is -0.384 e. The molecule has 0 spiro atoms. The molecule has 3 heterocycles. The molecule has 0 radical (unpaired) electrons. The van der Waals surface area contributed by atoms with Crippen molar-refractivity contribution in [2.45, 2.75) is 44.8 Å². The summed E-state index contributed by atoms with van der Waals surface area (Å²) in [4.78, 5) is 4.63. The molecule has 0 saturated carbocycles. The van der Waals surface area contributed by atoms with Gasteiger partial charge in [-0.25, -0.2) is 0 Å². The van der Waals surface area contributed by atoms with Crippen molar-refractivity contribution in [3.05, 3.63) is 35.4 Å². The number of rotatable bonds is 5. The summed E-state index contributed by atoms with van der Waals surface area (Å²) in [6.07, 6.45) is 4.33. The summed E-state index contributed by atoms with van der Waals surface area (Å²) in [6.45, 7) is 8.76. The van der Waals surface area contributed by atoms with E-state index in [2.05, 4.69) is 53.0 Å². The third-order valence-electron chi connectivity index (χ3n) is 6.00. The Morgan fingerprint density at radius 2 is 2.14 bits per heavy atom. The zero-order valence-corrected chi connectivity index (χ0v) is 16.9. The normalized spacial score (nSPS) is 22.5. The zero-order chi connectivity index (χ0) is 19.6. The fraction of sp³-hybridized carbons (Fsp3) is 0.591. The number of nitrogens with zero attached hydrogens (tertiary/aromatic N) is 1. The molecule has 4 N–H and O–H groups in total. The number of aliphatic hydroxyl groups excluding tert-OH is 1. The van der Waals surface area contributed by atoms with Crippen LogP contribution in [-0.4, -0.2) is 50.0 Å². The molecule has 1 aromatic carbocycles. The van der Waals surface area contributed by atoms with Crippen LogP contribution in [0.15, 0.2) is 34.8 Å². The molecule has 4 rings (SSSR count). The van der Waals surface area contributed by atoms with Gasteiger partial charge in [0.05, 0.1) is 0 Å². The summed E-state index contributed by atoms with van der Waals surface area (Å²) in [6, 6.07) is 6.29. The molecule has 6 nitrogen and oxygen atoms in total. The lowest BCUT2D eigenvalue weighted by Crippen LogP contribution is -2.39. The molecule has 152 valence electrons. The lowest BCUT2D eigenvalue weighted by Gasteiger charge is -2.26. The topological polar surface area (TPSA) is 77.9 Å². The van der Waals surface area contributed by atoms with E-state index in [9.17, 15) is 5.11 Å². The van der Waals surface area contributed by atoms with Crippen LogP contribution in [0, 0.1) is 5.92 Å². The summed E-state index contributed by atoms with van der Waals surface area (Å²) in [5.41, 5.74) is 4.36. The second-order valence-electron chi connectivity index (χ2n) is 8.66. The van der Waals surface area contributed by atoms with Crippen molar-refractivity contribution in [1.29, 1.82) is 0 Å². The van der Waals surface area contributed by atoms with Gasteiger partial charge in [0, 0.05) is 55.2 Å². The Bertz CT molecular complexity index is 766. The molecule has 0 aromatic heterocycles. The highest BCUT2D eigenvalue weighted by Gasteiger charge is 2.30. The van der Waals surface area contributed by atoms with Crippen LogP contribution in [0.3, 0.4) is 0 Å². The fourth-order valence-corrected chi connectivity index (χ4v) is 4.19. The SMILES string of the molecule is CC1(C)CNc2cc(NC(O)C3=CCCN=C3NCC3CCOCC3)ccc21. The Morgan fingerprint density at radius 1 is 1.32 bits per heavy atom. The molecule has 3 aliphatic rings. The highest BCUT2D eigenvalue weighted by atomic mass is 16.5. The van der Waals surface area contributed by atoms with Crippen LogP contribution < -0.4 is 16.0 Å². The van der Waals surface area contributed by atoms with E-state index in [1.165, 1.54) is 5.56 Å². The fourth-order valence-electron chi connectivity index (χ4n) is 4.19. The molecule has 0 aliphatic carbocycles. The van der Waals surface area contributed by atoms with Crippen LogP contribution in [0.25, 0.3) is 0 Å². The number of benzene rings is 1. The van der Waals surface area contributed by atoms with E-state index in [4.69, 9.17) is 4.74 Å². The van der Waals surface area contributed by atoms with Gasteiger partial charge in [-0.05, 0) is 42.9 Å². The number of hydrogen-bond acceptors (Lipinski definition) is 6. The lowest BCUT2D eigenvalue weighted by molar-refractivity contribution is 0.0676. The van der Waals surface area contributed by atoms with Gasteiger partial charge in [-0.1, -0.05) is 26.0 Å². The first-order valence-corrected chi connectivity index (χ1v) is 10.4. The summed E-state index contributed by atoms with van der Waals surface area (Å²) in [7, 11) is 0. The van der Waals surface area contributed by atoms with Crippen LogP contribution in [0.1, 0.15) is 38.7 Å². The minimum absolute atomic E-state index is 0.145. The Balaban J connectivity index is 1.39. The Kier molecular flexibility index (Phi) is 5.60. The van der Waals surface area contributed by atoms with Crippen LogP contribution in [-0.2, 0) is 10.2 Å². The predicted molar refractivity (Wildman–Crippen MR) is 114 cm³/mol. The van der Waals surface area contributed by atoms with Crippen LogP contribution in [0.2, 0.25) is 0 Å². The number of amidine groups is 1. The molecule has 3 aliphatic heterocycles. The quantitative estimate of drug-likeness (QED) is 0.587. The molecule has 0 amide bonds. The van der Waals surface area contributed by atoms with Gasteiger partial charge in [-0.2, -0.15) is 0 Å². The van der Waals surface area contributed by atoms with E-state index in [0.29, 0.717) is 5.92 Å². The first kappa shape index (κ1) is 19.3. The van der Waals surface area contributed by atoms with Crippen molar-refractivity contribution in [2.24, 2.45) is 10.9 Å². The number of ether oxygens (including phenoxy) is 1. The standard InChI is InChI=1S/C22H32N4O2/c1-22(2)14-25-19-12-16(5-6-18(19)22)26-21(27)17-4-3-9-23-20(17)24-13-15-7-10-28-11-8-15/h4-6,12,15,21,25-27H,3,7-11,13-14H2,1-2H3,(H,23,24). The number of fused-ring (bicyclic) bond motifs is 1. The second kappa shape index (κ2) is 8.13. The largest absolute Gasteiger partial charge is 0.384 e. The number of aliphatic hydroxyl groups is 1. The first-order chi connectivity index (χ1) is 13.5. The summed E-state index contributed by atoms with van der Waals surface area (Å²) in [5.74, 6) is 1.43. The van der Waals surface area contributed by atoms with Gasteiger partial charge in [-0.3, -0.25) is 4.99 Å². The van der Waals surface area contributed by atoms with Crippen molar-refractivity contribution in [2.75, 3.05) is 43.5 Å². The second-order valence-corrected chi connectivity index (χ2v) is 8.66. The summed E-state index contributed by atoms with van der Waals surface area (Å²) in [5, 5.41) is 21.0. The Labute approximate surface area is 167 Å². The van der Waals surface area contributed by atoms with Gasteiger partial charge in [0.15, 0.2) is 6.23 Å². The number of hydrogen-bond donors (Lipinski definition) is 4. The number of nitrogens with one attached hydrogen (secondary N) is 3. The van der Waals surface area contributed by atoms with Crippen molar-refractivity contribution < 1.29 is 9.84 Å². The van der Waals surface area contributed by atoms with Crippen LogP contribution in [0.5, 0.6) is 0 Å². The summed E-state index contributed by atoms with van der Waals surface area (Å²) >= 11 is 0. The Hall–Kier alpha value is -2.05. The highest BCUT2D eigenvalue weighted by molar-refractivity contribution is 6.00. The molecule has 0 bridgehead atoms. The number of aliphatic imine (C=N–C) groups is 1. The van der Waals surface area contributed by atoms with Crippen molar-refractivity contribution in [1.82, 2.24) is 5.32 Å². The third kappa shape index (κ3) is 4.18. The van der Waals surface area contributed by atoms with Gasteiger partial charge in [0.25, 0.3) is 0 Å². The van der Waals surface area contributed by atoms with E-state index in [1.54, 1.807) is 0 Å². The van der Waals surface area contributed by atoms with E-state index in [0.717, 1.165) is 74.9 Å². The molecule has 1 saturated heterocycles. The van der Waals surface area contributed by atoms with Gasteiger partial charge in [0.1, 0.15) is 5.84 Å². The monoisotopic (exact) mass is 384 g/mol. The maximum atomic E-state index is 10.8. The summed E-state index contributed by atoms with van der Waals surface area (Å²) < 4.78 is 5.44. The van der Waals surface area contributed by atoms with Gasteiger partial charge >= 0.3 is 0 Å². The molecule has 1 aromatic rings. The van der Waals surface area contributed by atoms with E-state index in [-0.39, 0.29) is 5.41 Å². The van der Waals surface area contributed by atoms with Gasteiger partial charge < -0.3 is 25.8 Å². The molecule has 1 unspecified atom stereocenters. The van der Waals surface area contributed by atoms with Crippen LogP contribution in [0.4, 0.5) is 11.4 Å². The Morgan fingerprint density at radius 3 is 2.96 bits per heavy atom. The maximum absolute atomic E-state index is 10.8. The first-order valence-electron chi connectivity index (χ1n) is 10.4. The molecule has 1 atom stereocenters. The number of dihydropyridines is 1. The van der Waals surface area contributed by atoms with Crippen molar-refractivity contribution in [3.8, 4) is 0 Å². The zero-order valence-electron chi connectivity index (χ0n) is 16.9. The van der Waals surface area contributed by atoms with Crippen LogP contribution >= 0.6 is 0 Å². The molecular weight excluding hydrogens is 352 g/mol. The average molecular weight is 385 g/mol. The smallest absolute Gasteiger partial charge is 0.154 e.